The van der Waals surface area contributed by atoms with Gasteiger partial charge in [-0.15, -0.1) is 0 Å². The molecule has 0 aromatic heterocycles. The minimum absolute atomic E-state index is 0.0101. The highest BCUT2D eigenvalue weighted by atomic mass is 16.1. The number of carbonyl (C=O) groups excluding carboxylic acids is 1. The summed E-state index contributed by atoms with van der Waals surface area (Å²) in [6, 6.07) is 9.99. The third-order valence-electron chi connectivity index (χ3n) is 1.74. The first kappa shape index (κ1) is 9.74. The molecule has 1 aromatic rings. The Kier molecular flexibility index (Phi) is 3.99. The lowest BCUT2D eigenvalue weighted by molar-refractivity contribution is -0.119. The smallest absolute Gasteiger partial charge is 0.233 e. The van der Waals surface area contributed by atoms with Gasteiger partial charge in [-0.25, -0.2) is 0 Å². The summed E-state index contributed by atoms with van der Waals surface area (Å²) in [5.74, 6) is 0.0101. The highest BCUT2D eigenvalue weighted by Gasteiger charge is 1.95. The lowest BCUT2D eigenvalue weighted by Crippen LogP contribution is -2.30. The Labute approximate surface area is 78.2 Å². The van der Waals surface area contributed by atoms with Gasteiger partial charge in [0.2, 0.25) is 5.91 Å². The molecule has 13 heavy (non-hydrogen) atoms. The molecule has 3 heteroatoms. The Hall–Kier alpha value is -1.35. The first-order chi connectivity index (χ1) is 6.33. The number of benzene rings is 1. The monoisotopic (exact) mass is 178 g/mol. The highest BCUT2D eigenvalue weighted by Crippen LogP contribution is 1.96. The SMILES string of the molecule is CNC(=O)CNCc1ccccc1. The Morgan fingerprint density at radius 3 is 2.62 bits per heavy atom. The summed E-state index contributed by atoms with van der Waals surface area (Å²) < 4.78 is 0. The van der Waals surface area contributed by atoms with Crippen LogP contribution in [0.15, 0.2) is 30.3 Å². The van der Waals surface area contributed by atoms with Crippen molar-refractivity contribution in [1.82, 2.24) is 10.6 Å². The minimum Gasteiger partial charge on any atom is -0.358 e. The van der Waals surface area contributed by atoms with Gasteiger partial charge in [0, 0.05) is 13.6 Å². The van der Waals surface area contributed by atoms with Gasteiger partial charge in [-0.2, -0.15) is 0 Å². The van der Waals surface area contributed by atoms with Crippen molar-refractivity contribution < 1.29 is 4.79 Å². The van der Waals surface area contributed by atoms with Crippen LogP contribution in [0.2, 0.25) is 0 Å². The van der Waals surface area contributed by atoms with Crippen LogP contribution in [0, 0.1) is 0 Å². The van der Waals surface area contributed by atoms with Gasteiger partial charge in [0.25, 0.3) is 0 Å². The molecule has 3 nitrogen and oxygen atoms in total. The van der Waals surface area contributed by atoms with Gasteiger partial charge in [-0.3, -0.25) is 4.79 Å². The second kappa shape index (κ2) is 5.32. The number of amides is 1. The molecule has 1 aromatic carbocycles. The largest absolute Gasteiger partial charge is 0.358 e. The third kappa shape index (κ3) is 3.71. The lowest BCUT2D eigenvalue weighted by Gasteiger charge is -2.03. The van der Waals surface area contributed by atoms with E-state index in [2.05, 4.69) is 10.6 Å². The van der Waals surface area contributed by atoms with E-state index < -0.39 is 0 Å². The van der Waals surface area contributed by atoms with Crippen molar-refractivity contribution in [2.24, 2.45) is 0 Å². The average molecular weight is 178 g/mol. The molecule has 0 saturated heterocycles. The molecule has 70 valence electrons. The number of rotatable bonds is 4. The third-order valence-corrected chi connectivity index (χ3v) is 1.74. The zero-order valence-electron chi connectivity index (χ0n) is 7.71. The first-order valence-electron chi connectivity index (χ1n) is 4.28. The van der Waals surface area contributed by atoms with Gasteiger partial charge in [-0.05, 0) is 5.56 Å². The van der Waals surface area contributed by atoms with E-state index in [4.69, 9.17) is 0 Å². The van der Waals surface area contributed by atoms with E-state index in [1.54, 1.807) is 7.05 Å². The summed E-state index contributed by atoms with van der Waals surface area (Å²) in [6.07, 6.45) is 0. The number of likely N-dealkylation sites (N-methyl/N-ethyl adjacent to an activating group) is 1. The Balaban J connectivity index is 2.24. The molecule has 0 bridgehead atoms. The normalized spacial score (nSPS) is 9.62. The predicted molar refractivity (Wildman–Crippen MR) is 52.2 cm³/mol. The van der Waals surface area contributed by atoms with Gasteiger partial charge in [0.05, 0.1) is 6.54 Å². The van der Waals surface area contributed by atoms with Crippen LogP contribution in [0.25, 0.3) is 0 Å². The fourth-order valence-electron chi connectivity index (χ4n) is 1.00. The first-order valence-corrected chi connectivity index (χ1v) is 4.28. The number of hydrogen-bond acceptors (Lipinski definition) is 2. The van der Waals surface area contributed by atoms with Crippen molar-refractivity contribution in [3.63, 3.8) is 0 Å². The molecule has 0 aliphatic heterocycles. The van der Waals surface area contributed by atoms with Crippen LogP contribution in [-0.4, -0.2) is 19.5 Å². The molecule has 1 rings (SSSR count). The maximum Gasteiger partial charge on any atom is 0.233 e. The van der Waals surface area contributed by atoms with E-state index in [1.165, 1.54) is 5.56 Å². The van der Waals surface area contributed by atoms with Crippen LogP contribution in [0.1, 0.15) is 5.56 Å². The Morgan fingerprint density at radius 2 is 2.00 bits per heavy atom. The van der Waals surface area contributed by atoms with Crippen molar-refractivity contribution >= 4 is 5.91 Å². The van der Waals surface area contributed by atoms with Crippen molar-refractivity contribution in [2.45, 2.75) is 6.54 Å². The zero-order valence-corrected chi connectivity index (χ0v) is 7.71. The van der Waals surface area contributed by atoms with Gasteiger partial charge in [0.15, 0.2) is 0 Å². The molecular formula is C10H14N2O. The van der Waals surface area contributed by atoms with E-state index in [1.807, 2.05) is 30.3 Å². The molecule has 0 atom stereocenters. The predicted octanol–water partition coefficient (Wildman–Crippen LogP) is 0.522. The summed E-state index contributed by atoms with van der Waals surface area (Å²) >= 11 is 0. The molecule has 2 N–H and O–H groups in total. The Bertz CT molecular complexity index is 259. The van der Waals surface area contributed by atoms with Crippen molar-refractivity contribution in [3.8, 4) is 0 Å². The maximum absolute atomic E-state index is 10.8. The molecule has 0 aliphatic rings. The summed E-state index contributed by atoms with van der Waals surface area (Å²) in [7, 11) is 1.63. The molecule has 0 spiro atoms. The molecule has 0 radical (unpaired) electrons. The summed E-state index contributed by atoms with van der Waals surface area (Å²) in [5, 5.41) is 5.59. The van der Waals surface area contributed by atoms with Crippen LogP contribution in [0.3, 0.4) is 0 Å². The van der Waals surface area contributed by atoms with Crippen LogP contribution in [0.4, 0.5) is 0 Å². The number of nitrogens with one attached hydrogen (secondary N) is 2. The quantitative estimate of drug-likeness (QED) is 0.706. The summed E-state index contributed by atoms with van der Waals surface area (Å²) in [6.45, 7) is 1.10. The molecule has 1 amide bonds. The second-order valence-corrected chi connectivity index (χ2v) is 2.76. The van der Waals surface area contributed by atoms with Crippen LogP contribution >= 0.6 is 0 Å². The average Bonchev–Trinajstić information content (AvgIpc) is 2.19. The molecular weight excluding hydrogens is 164 g/mol. The summed E-state index contributed by atoms with van der Waals surface area (Å²) in [5.41, 5.74) is 1.19. The summed E-state index contributed by atoms with van der Waals surface area (Å²) in [4.78, 5) is 10.8. The number of hydrogen-bond donors (Lipinski definition) is 2. The molecule has 0 aliphatic carbocycles. The van der Waals surface area contributed by atoms with E-state index >= 15 is 0 Å². The van der Waals surface area contributed by atoms with Crippen LogP contribution < -0.4 is 10.6 Å². The van der Waals surface area contributed by atoms with Crippen LogP contribution in [-0.2, 0) is 11.3 Å². The minimum atomic E-state index is 0.0101. The fourth-order valence-corrected chi connectivity index (χ4v) is 1.00. The van der Waals surface area contributed by atoms with E-state index in [0.717, 1.165) is 6.54 Å². The highest BCUT2D eigenvalue weighted by molar-refractivity contribution is 5.77. The van der Waals surface area contributed by atoms with Crippen LogP contribution in [0.5, 0.6) is 0 Å². The van der Waals surface area contributed by atoms with Gasteiger partial charge in [-0.1, -0.05) is 30.3 Å². The maximum atomic E-state index is 10.8. The second-order valence-electron chi connectivity index (χ2n) is 2.76. The van der Waals surface area contributed by atoms with Gasteiger partial charge >= 0.3 is 0 Å². The van der Waals surface area contributed by atoms with E-state index in [9.17, 15) is 4.79 Å². The topological polar surface area (TPSA) is 41.1 Å². The van der Waals surface area contributed by atoms with Gasteiger partial charge in [0.1, 0.15) is 0 Å². The molecule has 0 saturated carbocycles. The lowest BCUT2D eigenvalue weighted by atomic mass is 10.2. The van der Waals surface area contributed by atoms with Crippen molar-refractivity contribution in [1.29, 1.82) is 0 Å². The van der Waals surface area contributed by atoms with Gasteiger partial charge < -0.3 is 10.6 Å². The van der Waals surface area contributed by atoms with Crippen molar-refractivity contribution in [2.75, 3.05) is 13.6 Å². The number of carbonyl (C=O) groups is 1. The molecule has 0 heterocycles. The molecule has 0 fully saturated rings. The fraction of sp³-hybridized carbons (Fsp3) is 0.300. The Morgan fingerprint density at radius 1 is 1.31 bits per heavy atom. The zero-order chi connectivity index (χ0) is 9.52. The van der Waals surface area contributed by atoms with Crippen molar-refractivity contribution in [3.05, 3.63) is 35.9 Å². The molecule has 0 unspecified atom stereocenters. The van der Waals surface area contributed by atoms with E-state index in [0.29, 0.717) is 6.54 Å². The van der Waals surface area contributed by atoms with E-state index in [-0.39, 0.29) is 5.91 Å². The standard InChI is InChI=1S/C10H14N2O/c1-11-10(13)8-12-7-9-5-3-2-4-6-9/h2-6,12H,7-8H2,1H3,(H,11,13).